The average Bonchev–Trinajstić information content (AvgIpc) is 2.60. The van der Waals surface area contributed by atoms with E-state index in [-0.39, 0.29) is 0 Å². The number of rotatable bonds is 6. The molecule has 1 N–H and O–H groups in total. The third kappa shape index (κ3) is 3.68. The van der Waals surface area contributed by atoms with Gasteiger partial charge in [0.2, 0.25) is 0 Å². The third-order valence-electron chi connectivity index (χ3n) is 2.15. The lowest BCUT2D eigenvalue weighted by atomic mass is 10.3. The van der Waals surface area contributed by atoms with Crippen molar-refractivity contribution in [2.75, 3.05) is 13.1 Å². The fraction of sp³-hybridized carbons (Fsp3) is 0.545. The van der Waals surface area contributed by atoms with Crippen LogP contribution in [0.25, 0.3) is 6.08 Å². The minimum absolute atomic E-state index is 0.719. The summed E-state index contributed by atoms with van der Waals surface area (Å²) in [5.74, 6) is 0. The summed E-state index contributed by atoms with van der Waals surface area (Å²) in [5, 5.41) is 8.15. The Bertz CT molecular complexity index is 318. The van der Waals surface area contributed by atoms with Gasteiger partial charge in [-0.3, -0.25) is 4.68 Å². The molecule has 0 unspecified atom stereocenters. The molecule has 3 nitrogen and oxygen atoms in total. The molecule has 0 aliphatic heterocycles. The molecule has 0 atom stereocenters. The van der Waals surface area contributed by atoms with Crippen LogP contribution in [0.5, 0.6) is 0 Å². The van der Waals surface area contributed by atoms with Crippen LogP contribution in [0.4, 0.5) is 0 Å². The largest absolute Gasteiger partial charge is 0.317 e. The Kier molecular flexibility index (Phi) is 5.43. The lowest BCUT2D eigenvalue weighted by molar-refractivity contribution is 0.653. The van der Waals surface area contributed by atoms with E-state index in [4.69, 9.17) is 11.6 Å². The minimum Gasteiger partial charge on any atom is -0.317 e. The van der Waals surface area contributed by atoms with E-state index in [0.29, 0.717) is 0 Å². The van der Waals surface area contributed by atoms with Crippen molar-refractivity contribution in [2.24, 2.45) is 0 Å². The van der Waals surface area contributed by atoms with Gasteiger partial charge in [-0.15, -0.1) is 0 Å². The van der Waals surface area contributed by atoms with Crippen LogP contribution in [0.15, 0.2) is 12.3 Å². The Morgan fingerprint density at radius 1 is 1.53 bits per heavy atom. The normalized spacial score (nSPS) is 11.4. The molecule has 0 radical (unpaired) electrons. The Balaban J connectivity index is 2.51. The first-order valence-electron chi connectivity index (χ1n) is 5.38. The summed E-state index contributed by atoms with van der Waals surface area (Å²) in [6.45, 7) is 7.03. The van der Waals surface area contributed by atoms with Crippen LogP contribution in [0.3, 0.4) is 0 Å². The van der Waals surface area contributed by atoms with Gasteiger partial charge in [0.05, 0.1) is 16.9 Å². The molecule has 84 valence electrons. The minimum atomic E-state index is 0.719. The van der Waals surface area contributed by atoms with Crippen molar-refractivity contribution in [3.63, 3.8) is 0 Å². The summed E-state index contributed by atoms with van der Waals surface area (Å²) in [4.78, 5) is 0. The van der Waals surface area contributed by atoms with E-state index >= 15 is 0 Å². The lowest BCUT2D eigenvalue weighted by Crippen LogP contribution is -2.12. The zero-order valence-electron chi connectivity index (χ0n) is 9.33. The molecule has 0 amide bonds. The topological polar surface area (TPSA) is 29.9 Å². The van der Waals surface area contributed by atoms with Crippen LogP contribution in [-0.4, -0.2) is 22.9 Å². The summed E-state index contributed by atoms with van der Waals surface area (Å²) < 4.78 is 1.89. The van der Waals surface area contributed by atoms with Crippen LogP contribution >= 0.6 is 11.6 Å². The second-order valence-corrected chi connectivity index (χ2v) is 3.65. The van der Waals surface area contributed by atoms with E-state index in [2.05, 4.69) is 30.3 Å². The quantitative estimate of drug-likeness (QED) is 0.758. The van der Waals surface area contributed by atoms with Crippen molar-refractivity contribution in [1.29, 1.82) is 0 Å². The first-order chi connectivity index (χ1) is 7.29. The van der Waals surface area contributed by atoms with Crippen molar-refractivity contribution >= 4 is 17.7 Å². The fourth-order valence-electron chi connectivity index (χ4n) is 1.35. The zero-order chi connectivity index (χ0) is 11.1. The van der Waals surface area contributed by atoms with Crippen molar-refractivity contribution in [2.45, 2.75) is 26.8 Å². The smallest absolute Gasteiger partial charge is 0.0859 e. The molecule has 1 rings (SSSR count). The Morgan fingerprint density at radius 2 is 2.33 bits per heavy atom. The van der Waals surface area contributed by atoms with Crippen LogP contribution in [0, 0.1) is 0 Å². The second kappa shape index (κ2) is 6.64. The molecule has 0 bridgehead atoms. The van der Waals surface area contributed by atoms with Gasteiger partial charge in [-0.1, -0.05) is 24.6 Å². The molecule has 1 aromatic heterocycles. The van der Waals surface area contributed by atoms with Gasteiger partial charge < -0.3 is 5.32 Å². The van der Waals surface area contributed by atoms with E-state index < -0.39 is 0 Å². The molecule has 0 spiro atoms. The maximum Gasteiger partial charge on any atom is 0.0859 e. The highest BCUT2D eigenvalue weighted by molar-refractivity contribution is 6.31. The zero-order valence-corrected chi connectivity index (χ0v) is 10.1. The van der Waals surface area contributed by atoms with Gasteiger partial charge in [0.25, 0.3) is 0 Å². The number of aromatic nitrogens is 2. The predicted molar refractivity (Wildman–Crippen MR) is 65.1 cm³/mol. The number of nitrogens with zero attached hydrogens (tertiary/aromatic N) is 2. The maximum absolute atomic E-state index is 6.01. The van der Waals surface area contributed by atoms with Crippen molar-refractivity contribution in [3.8, 4) is 0 Å². The molecule has 0 aromatic carbocycles. The summed E-state index contributed by atoms with van der Waals surface area (Å²) in [7, 11) is 0. The summed E-state index contributed by atoms with van der Waals surface area (Å²) in [5.41, 5.74) is 0.996. The molecule has 4 heteroatoms. The van der Waals surface area contributed by atoms with Gasteiger partial charge in [-0.2, -0.15) is 5.10 Å². The molecular weight excluding hydrogens is 210 g/mol. The number of hydrogen-bond donors (Lipinski definition) is 1. The average molecular weight is 228 g/mol. The number of aryl methyl sites for hydroxylation is 1. The first kappa shape index (κ1) is 12.3. The fourth-order valence-corrected chi connectivity index (χ4v) is 1.55. The van der Waals surface area contributed by atoms with Crippen molar-refractivity contribution in [1.82, 2.24) is 15.1 Å². The molecule has 1 aromatic rings. The second-order valence-electron chi connectivity index (χ2n) is 3.24. The number of nitrogens with one attached hydrogen (secondary N) is 1. The third-order valence-corrected chi connectivity index (χ3v) is 2.44. The van der Waals surface area contributed by atoms with E-state index in [1.54, 1.807) is 6.20 Å². The van der Waals surface area contributed by atoms with Crippen LogP contribution in [0.2, 0.25) is 5.02 Å². The van der Waals surface area contributed by atoms with Crippen LogP contribution < -0.4 is 5.32 Å². The number of hydrogen-bond acceptors (Lipinski definition) is 2. The van der Waals surface area contributed by atoms with Gasteiger partial charge in [0, 0.05) is 6.54 Å². The van der Waals surface area contributed by atoms with Gasteiger partial charge in [-0.25, -0.2) is 0 Å². The molecule has 0 fully saturated rings. The predicted octanol–water partition coefficient (Wildman–Crippen LogP) is 2.57. The Morgan fingerprint density at radius 3 is 3.00 bits per heavy atom. The van der Waals surface area contributed by atoms with E-state index in [1.807, 2.05) is 10.8 Å². The Hall–Kier alpha value is -0.800. The highest BCUT2D eigenvalue weighted by atomic mass is 35.5. The van der Waals surface area contributed by atoms with E-state index in [1.165, 1.54) is 0 Å². The highest BCUT2D eigenvalue weighted by Crippen LogP contribution is 2.16. The highest BCUT2D eigenvalue weighted by Gasteiger charge is 2.02. The molecule has 15 heavy (non-hydrogen) atoms. The standard InChI is InChI=1S/C11H18ClN3/c1-3-13-8-6-5-7-11-10(12)9-14-15(11)4-2/h5,7,9,13H,3-4,6,8H2,1-2H3/b7-5+. The number of halogens is 1. The molecule has 0 saturated heterocycles. The summed E-state index contributed by atoms with van der Waals surface area (Å²) >= 11 is 6.01. The first-order valence-corrected chi connectivity index (χ1v) is 5.76. The van der Waals surface area contributed by atoms with Gasteiger partial charge >= 0.3 is 0 Å². The molecule has 0 aliphatic rings. The molecular formula is C11H18ClN3. The molecule has 0 saturated carbocycles. The Labute approximate surface area is 96.1 Å². The van der Waals surface area contributed by atoms with Crippen molar-refractivity contribution in [3.05, 3.63) is 23.0 Å². The summed E-state index contributed by atoms with van der Waals surface area (Å²) in [6, 6.07) is 0. The monoisotopic (exact) mass is 227 g/mol. The van der Waals surface area contributed by atoms with Crippen LogP contribution in [0.1, 0.15) is 26.0 Å². The van der Waals surface area contributed by atoms with E-state index in [9.17, 15) is 0 Å². The SMILES string of the molecule is CCNCC/C=C/c1c(Cl)cnn1CC. The van der Waals surface area contributed by atoms with Gasteiger partial charge in [-0.05, 0) is 32.5 Å². The van der Waals surface area contributed by atoms with Crippen LogP contribution in [-0.2, 0) is 6.54 Å². The lowest BCUT2D eigenvalue weighted by Gasteiger charge is -2.00. The van der Waals surface area contributed by atoms with Gasteiger partial charge in [0.15, 0.2) is 0 Å². The summed E-state index contributed by atoms with van der Waals surface area (Å²) in [6.07, 6.45) is 6.86. The maximum atomic E-state index is 6.01. The van der Waals surface area contributed by atoms with Gasteiger partial charge in [0.1, 0.15) is 0 Å². The van der Waals surface area contributed by atoms with E-state index in [0.717, 1.165) is 36.8 Å². The molecule has 1 heterocycles. The van der Waals surface area contributed by atoms with Crippen molar-refractivity contribution < 1.29 is 0 Å². The molecule has 0 aliphatic carbocycles.